The molecule has 0 bridgehead atoms. The molecule has 2 heterocycles. The standard InChI is InChI=1S/C13H10Cl2N2O4/c1-7(21-13(19)10-3-2-4-20-10)12(18)17-11-9(15)5-8(14)6-16-11/h2-7H,1H3,(H,16,17,18)/t7-/m0/s1. The van der Waals surface area contributed by atoms with E-state index in [2.05, 4.69) is 10.3 Å². The number of furan rings is 1. The predicted molar refractivity (Wildman–Crippen MR) is 76.5 cm³/mol. The Morgan fingerprint density at radius 2 is 2.19 bits per heavy atom. The van der Waals surface area contributed by atoms with Gasteiger partial charge in [0.25, 0.3) is 5.91 Å². The fraction of sp³-hybridized carbons (Fsp3) is 0.154. The van der Waals surface area contributed by atoms with Gasteiger partial charge < -0.3 is 14.5 Å². The third-order valence-corrected chi connectivity index (χ3v) is 2.92. The second-order valence-corrected chi connectivity index (χ2v) is 4.84. The van der Waals surface area contributed by atoms with Crippen molar-refractivity contribution in [3.8, 4) is 0 Å². The topological polar surface area (TPSA) is 81.4 Å². The number of rotatable bonds is 4. The number of carbonyl (C=O) groups is 2. The molecule has 110 valence electrons. The summed E-state index contributed by atoms with van der Waals surface area (Å²) in [6.45, 7) is 1.42. The SMILES string of the molecule is C[C@H](OC(=O)c1ccco1)C(=O)Nc1ncc(Cl)cc1Cl. The normalized spacial score (nSPS) is 11.8. The number of nitrogens with zero attached hydrogens (tertiary/aromatic N) is 1. The largest absolute Gasteiger partial charge is 0.457 e. The van der Waals surface area contributed by atoms with E-state index < -0.39 is 18.0 Å². The third kappa shape index (κ3) is 3.96. The van der Waals surface area contributed by atoms with Crippen molar-refractivity contribution in [2.45, 2.75) is 13.0 Å². The molecule has 21 heavy (non-hydrogen) atoms. The molecule has 2 aromatic rings. The summed E-state index contributed by atoms with van der Waals surface area (Å²) in [7, 11) is 0. The van der Waals surface area contributed by atoms with Crippen molar-refractivity contribution >= 4 is 40.9 Å². The Kier molecular flexibility index (Phi) is 4.82. The highest BCUT2D eigenvalue weighted by molar-refractivity contribution is 6.36. The van der Waals surface area contributed by atoms with E-state index in [1.54, 1.807) is 6.07 Å². The number of nitrogens with one attached hydrogen (secondary N) is 1. The van der Waals surface area contributed by atoms with Gasteiger partial charge in [-0.05, 0) is 25.1 Å². The molecule has 0 saturated heterocycles. The minimum Gasteiger partial charge on any atom is -0.457 e. The maximum Gasteiger partial charge on any atom is 0.374 e. The van der Waals surface area contributed by atoms with Gasteiger partial charge >= 0.3 is 5.97 Å². The average molecular weight is 329 g/mol. The lowest BCUT2D eigenvalue weighted by atomic mass is 10.3. The zero-order chi connectivity index (χ0) is 15.4. The number of amides is 1. The highest BCUT2D eigenvalue weighted by Gasteiger charge is 2.21. The first-order valence-electron chi connectivity index (χ1n) is 5.84. The number of anilines is 1. The van der Waals surface area contributed by atoms with Crippen molar-refractivity contribution in [3.63, 3.8) is 0 Å². The molecule has 1 N–H and O–H groups in total. The quantitative estimate of drug-likeness (QED) is 0.872. The first-order chi connectivity index (χ1) is 9.97. The number of esters is 1. The van der Waals surface area contributed by atoms with Crippen LogP contribution < -0.4 is 5.32 Å². The van der Waals surface area contributed by atoms with Crippen molar-refractivity contribution in [2.75, 3.05) is 5.32 Å². The Bertz CT molecular complexity index is 658. The summed E-state index contributed by atoms with van der Waals surface area (Å²) in [6, 6.07) is 4.41. The Hall–Kier alpha value is -2.05. The van der Waals surface area contributed by atoms with Gasteiger partial charge in [0.05, 0.1) is 16.3 Å². The number of hydrogen-bond acceptors (Lipinski definition) is 5. The van der Waals surface area contributed by atoms with Crippen molar-refractivity contribution < 1.29 is 18.7 Å². The van der Waals surface area contributed by atoms with Crippen LogP contribution in [0.2, 0.25) is 10.0 Å². The molecule has 0 radical (unpaired) electrons. The van der Waals surface area contributed by atoms with Crippen LogP contribution in [0.1, 0.15) is 17.5 Å². The third-order valence-electron chi connectivity index (χ3n) is 2.42. The first-order valence-corrected chi connectivity index (χ1v) is 6.59. The highest BCUT2D eigenvalue weighted by atomic mass is 35.5. The zero-order valence-electron chi connectivity index (χ0n) is 10.8. The van der Waals surface area contributed by atoms with E-state index in [9.17, 15) is 9.59 Å². The molecule has 8 heteroatoms. The van der Waals surface area contributed by atoms with Crippen LogP contribution in [0.5, 0.6) is 0 Å². The van der Waals surface area contributed by atoms with E-state index in [0.29, 0.717) is 5.02 Å². The van der Waals surface area contributed by atoms with E-state index in [1.165, 1.54) is 31.5 Å². The Morgan fingerprint density at radius 3 is 2.81 bits per heavy atom. The van der Waals surface area contributed by atoms with Crippen molar-refractivity contribution in [1.82, 2.24) is 4.98 Å². The number of pyridine rings is 1. The summed E-state index contributed by atoms with van der Waals surface area (Å²) in [5.41, 5.74) is 0. The Labute approximate surface area is 130 Å². The summed E-state index contributed by atoms with van der Waals surface area (Å²) in [4.78, 5) is 27.4. The molecule has 1 amide bonds. The van der Waals surface area contributed by atoms with Crippen LogP contribution in [0.25, 0.3) is 0 Å². The Morgan fingerprint density at radius 1 is 1.43 bits per heavy atom. The second kappa shape index (κ2) is 6.60. The summed E-state index contributed by atoms with van der Waals surface area (Å²) in [5, 5.41) is 2.96. The van der Waals surface area contributed by atoms with Crippen LogP contribution in [-0.4, -0.2) is 23.0 Å². The number of ether oxygens (including phenoxy) is 1. The van der Waals surface area contributed by atoms with E-state index in [0.717, 1.165) is 0 Å². The molecule has 1 atom stereocenters. The van der Waals surface area contributed by atoms with E-state index in [-0.39, 0.29) is 16.6 Å². The molecule has 0 unspecified atom stereocenters. The fourth-order valence-electron chi connectivity index (χ4n) is 1.39. The van der Waals surface area contributed by atoms with Crippen molar-refractivity contribution in [1.29, 1.82) is 0 Å². The number of aromatic nitrogens is 1. The summed E-state index contributed by atoms with van der Waals surface area (Å²) in [5.74, 6) is -1.17. The second-order valence-electron chi connectivity index (χ2n) is 4.00. The molecular formula is C13H10Cl2N2O4. The van der Waals surface area contributed by atoms with E-state index >= 15 is 0 Å². The van der Waals surface area contributed by atoms with Crippen molar-refractivity contribution in [3.05, 3.63) is 46.5 Å². The summed E-state index contributed by atoms with van der Waals surface area (Å²) < 4.78 is 9.82. The molecule has 6 nitrogen and oxygen atoms in total. The van der Waals surface area contributed by atoms with Gasteiger partial charge in [0, 0.05) is 6.20 Å². The minimum absolute atomic E-state index is 0.0114. The molecule has 0 fully saturated rings. The molecule has 0 aliphatic carbocycles. The van der Waals surface area contributed by atoms with E-state index in [1.807, 2.05) is 0 Å². The molecule has 0 aliphatic heterocycles. The highest BCUT2D eigenvalue weighted by Crippen LogP contribution is 2.22. The van der Waals surface area contributed by atoms with Gasteiger partial charge in [0.15, 0.2) is 11.9 Å². The molecule has 0 aliphatic rings. The van der Waals surface area contributed by atoms with Crippen LogP contribution in [0, 0.1) is 0 Å². The molecular weight excluding hydrogens is 319 g/mol. The van der Waals surface area contributed by atoms with Crippen molar-refractivity contribution in [2.24, 2.45) is 0 Å². The van der Waals surface area contributed by atoms with Gasteiger partial charge in [-0.15, -0.1) is 0 Å². The molecule has 2 aromatic heterocycles. The Balaban J connectivity index is 1.98. The lowest BCUT2D eigenvalue weighted by Crippen LogP contribution is -2.30. The number of hydrogen-bond donors (Lipinski definition) is 1. The molecule has 0 aromatic carbocycles. The lowest BCUT2D eigenvalue weighted by molar-refractivity contribution is -0.123. The van der Waals surface area contributed by atoms with Crippen LogP contribution in [0.3, 0.4) is 0 Å². The minimum atomic E-state index is -1.05. The van der Waals surface area contributed by atoms with Gasteiger partial charge in [-0.25, -0.2) is 9.78 Å². The smallest absolute Gasteiger partial charge is 0.374 e. The maximum absolute atomic E-state index is 11.9. The number of halogens is 2. The number of carbonyl (C=O) groups excluding carboxylic acids is 2. The summed E-state index contributed by atoms with van der Waals surface area (Å²) in [6.07, 6.45) is 1.62. The van der Waals surface area contributed by atoms with Gasteiger partial charge in [0.1, 0.15) is 0 Å². The van der Waals surface area contributed by atoms with Crippen LogP contribution >= 0.6 is 23.2 Å². The fourth-order valence-corrected chi connectivity index (χ4v) is 1.82. The lowest BCUT2D eigenvalue weighted by Gasteiger charge is -2.12. The first kappa shape index (κ1) is 15.3. The zero-order valence-corrected chi connectivity index (χ0v) is 12.3. The monoisotopic (exact) mass is 328 g/mol. The summed E-state index contributed by atoms with van der Waals surface area (Å²) >= 11 is 11.6. The molecule has 2 rings (SSSR count). The van der Waals surface area contributed by atoms with Gasteiger partial charge in [-0.2, -0.15) is 0 Å². The van der Waals surface area contributed by atoms with Gasteiger partial charge in [-0.1, -0.05) is 23.2 Å². The van der Waals surface area contributed by atoms with E-state index in [4.69, 9.17) is 32.4 Å². The average Bonchev–Trinajstić information content (AvgIpc) is 2.95. The van der Waals surface area contributed by atoms with Crippen LogP contribution in [0.15, 0.2) is 35.1 Å². The van der Waals surface area contributed by atoms with Crippen LogP contribution in [0.4, 0.5) is 5.82 Å². The van der Waals surface area contributed by atoms with Gasteiger partial charge in [0.2, 0.25) is 5.76 Å². The predicted octanol–water partition coefficient (Wildman–Crippen LogP) is 3.17. The van der Waals surface area contributed by atoms with Gasteiger partial charge in [-0.3, -0.25) is 4.79 Å². The molecule has 0 saturated carbocycles. The molecule has 0 spiro atoms. The maximum atomic E-state index is 11.9. The van der Waals surface area contributed by atoms with Crippen LogP contribution in [-0.2, 0) is 9.53 Å².